The summed E-state index contributed by atoms with van der Waals surface area (Å²) in [5.41, 5.74) is 1.25. The molecule has 1 aromatic heterocycles. The van der Waals surface area contributed by atoms with Crippen LogP contribution in [0, 0.1) is 0 Å². The Bertz CT molecular complexity index is 502. The van der Waals surface area contributed by atoms with Crippen LogP contribution in [-0.4, -0.2) is 60.6 Å². The summed E-state index contributed by atoms with van der Waals surface area (Å²) in [4.78, 5) is 8.99. The van der Waals surface area contributed by atoms with Gasteiger partial charge in [-0.05, 0) is 48.4 Å². The molecule has 1 fully saturated rings. The molecule has 1 aliphatic rings. The van der Waals surface area contributed by atoms with E-state index >= 15 is 0 Å². The van der Waals surface area contributed by atoms with Crippen LogP contribution in [0.5, 0.6) is 0 Å². The van der Waals surface area contributed by atoms with Crippen molar-refractivity contribution in [3.8, 4) is 0 Å². The van der Waals surface area contributed by atoms with Gasteiger partial charge in [0.05, 0.1) is 6.54 Å². The van der Waals surface area contributed by atoms with Crippen molar-refractivity contribution >= 4 is 45.9 Å². The Balaban J connectivity index is 0.00000242. The fraction of sp³-hybridized carbons (Fsp3) is 0.667. The normalized spacial score (nSPS) is 19.1. The molecule has 7 heteroatoms. The van der Waals surface area contributed by atoms with Gasteiger partial charge in [-0.3, -0.25) is 4.99 Å². The third kappa shape index (κ3) is 5.13. The number of likely N-dealkylation sites (tertiary alicyclic amines) is 1. The SMILES string of the molecule is CN=C(NCC1CCCN1C)N(C)Cc1cc(Br)cn1C.I. The summed E-state index contributed by atoms with van der Waals surface area (Å²) >= 11 is 3.52. The summed E-state index contributed by atoms with van der Waals surface area (Å²) in [6.45, 7) is 3.00. The maximum Gasteiger partial charge on any atom is 0.193 e. The second-order valence-electron chi connectivity index (χ2n) is 5.82. The Morgan fingerprint density at radius 1 is 1.50 bits per heavy atom. The molecule has 1 saturated heterocycles. The van der Waals surface area contributed by atoms with Crippen LogP contribution in [0.2, 0.25) is 0 Å². The molecule has 1 aliphatic heterocycles. The van der Waals surface area contributed by atoms with Crippen LogP contribution >= 0.6 is 39.9 Å². The molecule has 0 radical (unpaired) electrons. The Labute approximate surface area is 159 Å². The molecule has 1 atom stereocenters. The van der Waals surface area contributed by atoms with Gasteiger partial charge < -0.3 is 19.7 Å². The maximum atomic E-state index is 4.40. The van der Waals surface area contributed by atoms with E-state index in [1.807, 2.05) is 7.05 Å². The zero-order valence-electron chi connectivity index (χ0n) is 13.8. The Hall–Kier alpha value is -0.280. The van der Waals surface area contributed by atoms with E-state index in [9.17, 15) is 0 Å². The summed E-state index contributed by atoms with van der Waals surface area (Å²) in [5, 5.41) is 3.50. The maximum absolute atomic E-state index is 4.40. The molecule has 2 heterocycles. The van der Waals surface area contributed by atoms with Gasteiger partial charge in [-0.15, -0.1) is 24.0 Å². The highest BCUT2D eigenvalue weighted by molar-refractivity contribution is 14.0. The predicted octanol–water partition coefficient (Wildman–Crippen LogP) is 2.51. The topological polar surface area (TPSA) is 35.8 Å². The zero-order valence-corrected chi connectivity index (χ0v) is 17.8. The van der Waals surface area contributed by atoms with E-state index in [-0.39, 0.29) is 24.0 Å². The smallest absolute Gasteiger partial charge is 0.193 e. The molecular formula is C15H27BrIN5. The molecule has 1 aromatic rings. The highest BCUT2D eigenvalue weighted by Gasteiger charge is 2.21. The fourth-order valence-electron chi connectivity index (χ4n) is 2.87. The number of halogens is 2. The van der Waals surface area contributed by atoms with Gasteiger partial charge in [0.25, 0.3) is 0 Å². The first-order chi connectivity index (χ1) is 10.0. The predicted molar refractivity (Wildman–Crippen MR) is 107 cm³/mol. The fourth-order valence-corrected chi connectivity index (χ4v) is 3.44. The second-order valence-corrected chi connectivity index (χ2v) is 6.74. The van der Waals surface area contributed by atoms with Crippen LogP contribution in [-0.2, 0) is 13.6 Å². The molecule has 5 nitrogen and oxygen atoms in total. The van der Waals surface area contributed by atoms with Gasteiger partial charge in [0, 0.05) is 50.1 Å². The molecule has 0 aliphatic carbocycles. The lowest BCUT2D eigenvalue weighted by Gasteiger charge is -2.25. The van der Waals surface area contributed by atoms with Gasteiger partial charge in [-0.1, -0.05) is 0 Å². The number of aromatic nitrogens is 1. The molecule has 0 bridgehead atoms. The molecular weight excluding hydrogens is 457 g/mol. The van der Waals surface area contributed by atoms with E-state index in [4.69, 9.17) is 0 Å². The standard InChI is InChI=1S/C15H26BrN5.HI/c1-17-15(18-9-13-6-5-7-19(13)2)21(4)11-14-8-12(16)10-20(14)3;/h8,10,13H,5-7,9,11H2,1-4H3,(H,17,18);1H. The summed E-state index contributed by atoms with van der Waals surface area (Å²) < 4.78 is 3.25. The van der Waals surface area contributed by atoms with Crippen LogP contribution in [0.3, 0.4) is 0 Å². The molecule has 126 valence electrons. The number of hydrogen-bond acceptors (Lipinski definition) is 2. The summed E-state index contributed by atoms with van der Waals surface area (Å²) in [7, 11) is 8.19. The highest BCUT2D eigenvalue weighted by atomic mass is 127. The number of likely N-dealkylation sites (N-methyl/N-ethyl adjacent to an activating group) is 1. The van der Waals surface area contributed by atoms with Gasteiger partial charge in [-0.25, -0.2) is 0 Å². The molecule has 0 aromatic carbocycles. The van der Waals surface area contributed by atoms with E-state index in [1.54, 1.807) is 0 Å². The number of nitrogens with zero attached hydrogens (tertiary/aromatic N) is 4. The van der Waals surface area contributed by atoms with Crippen molar-refractivity contribution in [3.05, 3.63) is 22.4 Å². The third-order valence-corrected chi connectivity index (χ3v) is 4.65. The van der Waals surface area contributed by atoms with Crippen molar-refractivity contribution in [1.29, 1.82) is 0 Å². The second kappa shape index (κ2) is 9.12. The number of aryl methyl sites for hydroxylation is 1. The third-order valence-electron chi connectivity index (χ3n) is 4.21. The van der Waals surface area contributed by atoms with Crippen LogP contribution in [0.4, 0.5) is 0 Å². The summed E-state index contributed by atoms with van der Waals surface area (Å²) in [6.07, 6.45) is 4.65. The number of nitrogens with one attached hydrogen (secondary N) is 1. The van der Waals surface area contributed by atoms with E-state index in [0.29, 0.717) is 6.04 Å². The lowest BCUT2D eigenvalue weighted by molar-refractivity contribution is 0.306. The zero-order chi connectivity index (χ0) is 15.4. The van der Waals surface area contributed by atoms with Crippen LogP contribution in [0.25, 0.3) is 0 Å². The summed E-state index contributed by atoms with van der Waals surface area (Å²) in [5.74, 6) is 0.952. The lowest BCUT2D eigenvalue weighted by Crippen LogP contribution is -2.44. The first-order valence-corrected chi connectivity index (χ1v) is 8.23. The van der Waals surface area contributed by atoms with Crippen molar-refractivity contribution in [2.45, 2.75) is 25.4 Å². The average molecular weight is 484 g/mol. The monoisotopic (exact) mass is 483 g/mol. The minimum absolute atomic E-state index is 0. The van der Waals surface area contributed by atoms with E-state index in [2.05, 4.69) is 74.0 Å². The van der Waals surface area contributed by atoms with Crippen molar-refractivity contribution < 1.29 is 0 Å². The van der Waals surface area contributed by atoms with E-state index < -0.39 is 0 Å². The van der Waals surface area contributed by atoms with Crippen LogP contribution < -0.4 is 5.32 Å². The minimum Gasteiger partial charge on any atom is -0.355 e. The van der Waals surface area contributed by atoms with Gasteiger partial charge in [0.1, 0.15) is 0 Å². The average Bonchev–Trinajstić information content (AvgIpc) is 2.97. The quantitative estimate of drug-likeness (QED) is 0.406. The first kappa shape index (κ1) is 19.8. The highest BCUT2D eigenvalue weighted by Crippen LogP contribution is 2.15. The number of rotatable bonds is 4. The van der Waals surface area contributed by atoms with Crippen molar-refractivity contribution in [3.63, 3.8) is 0 Å². The first-order valence-electron chi connectivity index (χ1n) is 7.44. The van der Waals surface area contributed by atoms with Crippen LogP contribution in [0.1, 0.15) is 18.5 Å². The molecule has 0 saturated carbocycles. The van der Waals surface area contributed by atoms with E-state index in [1.165, 1.54) is 25.1 Å². The van der Waals surface area contributed by atoms with Crippen molar-refractivity contribution in [1.82, 2.24) is 19.7 Å². The van der Waals surface area contributed by atoms with Gasteiger partial charge in [-0.2, -0.15) is 0 Å². The van der Waals surface area contributed by atoms with Gasteiger partial charge in [0.15, 0.2) is 5.96 Å². The largest absolute Gasteiger partial charge is 0.355 e. The van der Waals surface area contributed by atoms with Crippen molar-refractivity contribution in [2.24, 2.45) is 12.0 Å². The Morgan fingerprint density at radius 3 is 2.73 bits per heavy atom. The number of guanidine groups is 1. The molecule has 22 heavy (non-hydrogen) atoms. The Morgan fingerprint density at radius 2 is 2.23 bits per heavy atom. The van der Waals surface area contributed by atoms with Gasteiger partial charge in [0.2, 0.25) is 0 Å². The number of aliphatic imine (C=N–C) groups is 1. The summed E-state index contributed by atoms with van der Waals surface area (Å²) in [6, 6.07) is 2.77. The van der Waals surface area contributed by atoms with Crippen LogP contribution in [0.15, 0.2) is 21.7 Å². The Kier molecular flexibility index (Phi) is 8.20. The van der Waals surface area contributed by atoms with Crippen molar-refractivity contribution in [2.75, 3.05) is 34.2 Å². The molecule has 1 unspecified atom stereocenters. The molecule has 2 rings (SSSR count). The molecule has 1 N–H and O–H groups in total. The molecule has 0 amide bonds. The number of hydrogen-bond donors (Lipinski definition) is 1. The minimum atomic E-state index is 0. The van der Waals surface area contributed by atoms with E-state index in [0.717, 1.165) is 23.5 Å². The molecule has 0 spiro atoms. The lowest BCUT2D eigenvalue weighted by atomic mass is 10.2. The van der Waals surface area contributed by atoms with Gasteiger partial charge >= 0.3 is 0 Å².